The molecule has 0 radical (unpaired) electrons. The van der Waals surface area contributed by atoms with Crippen LogP contribution in [0, 0.1) is 5.92 Å². The topological polar surface area (TPSA) is 26.0 Å². The summed E-state index contributed by atoms with van der Waals surface area (Å²) in [5.74, 6) is 1.81. The molecule has 1 aromatic carbocycles. The van der Waals surface area contributed by atoms with Crippen molar-refractivity contribution < 1.29 is 0 Å². The summed E-state index contributed by atoms with van der Waals surface area (Å²) in [5, 5.41) is 0. The van der Waals surface area contributed by atoms with Crippen LogP contribution in [0.1, 0.15) is 32.8 Å². The van der Waals surface area contributed by atoms with Gasteiger partial charge in [0.1, 0.15) is 0 Å². The Hall–Kier alpha value is -0.470. The minimum absolute atomic E-state index is 0.310. The van der Waals surface area contributed by atoms with Crippen molar-refractivity contribution in [2.24, 2.45) is 11.7 Å². The van der Waals surface area contributed by atoms with E-state index in [1.54, 1.807) is 0 Å². The molecule has 2 atom stereocenters. The number of hydrogen-bond donors (Lipinski definition) is 1. The molecule has 0 bridgehead atoms. The zero-order valence-electron chi connectivity index (χ0n) is 10.6. The molecule has 2 unspecified atom stereocenters. The van der Waals surface area contributed by atoms with Crippen molar-refractivity contribution in [1.29, 1.82) is 0 Å². The van der Waals surface area contributed by atoms with Crippen molar-refractivity contribution in [3.63, 3.8) is 0 Å². The fourth-order valence-electron chi connectivity index (χ4n) is 2.01. The number of nitrogens with two attached hydrogens (primary N) is 1. The monoisotopic (exact) mass is 237 g/mol. The van der Waals surface area contributed by atoms with Crippen molar-refractivity contribution in [1.82, 2.24) is 0 Å². The fraction of sp³-hybridized carbons (Fsp3) is 0.571. The van der Waals surface area contributed by atoms with Gasteiger partial charge >= 0.3 is 0 Å². The quantitative estimate of drug-likeness (QED) is 0.763. The van der Waals surface area contributed by atoms with Crippen LogP contribution >= 0.6 is 11.8 Å². The van der Waals surface area contributed by atoms with E-state index in [0.717, 1.165) is 18.6 Å². The Morgan fingerprint density at radius 1 is 1.19 bits per heavy atom. The number of hydrogen-bond acceptors (Lipinski definition) is 2. The lowest BCUT2D eigenvalue weighted by Crippen LogP contribution is -2.19. The molecule has 90 valence electrons. The van der Waals surface area contributed by atoms with E-state index in [-0.39, 0.29) is 0 Å². The molecule has 0 heterocycles. The fourth-order valence-corrected chi connectivity index (χ4v) is 2.67. The van der Waals surface area contributed by atoms with Gasteiger partial charge < -0.3 is 5.73 Å². The van der Waals surface area contributed by atoms with Gasteiger partial charge in [-0.05, 0) is 49.1 Å². The molecule has 0 aromatic heterocycles. The molecule has 0 saturated heterocycles. The maximum atomic E-state index is 5.81. The second kappa shape index (κ2) is 6.97. The number of thioether (sulfide) groups is 1. The van der Waals surface area contributed by atoms with Gasteiger partial charge in [-0.3, -0.25) is 0 Å². The van der Waals surface area contributed by atoms with Crippen molar-refractivity contribution in [3.05, 3.63) is 29.8 Å². The number of benzene rings is 1. The van der Waals surface area contributed by atoms with E-state index in [4.69, 9.17) is 5.73 Å². The van der Waals surface area contributed by atoms with Gasteiger partial charge in [0, 0.05) is 10.9 Å². The standard InChI is InChI=1S/C14H23NS/c1-4-16-14-7-5-13(6-8-14)10-11(2)9-12(3)15/h5-8,11-12H,4,9-10,15H2,1-3H3. The molecule has 1 nitrogen and oxygen atoms in total. The summed E-state index contributed by atoms with van der Waals surface area (Å²) < 4.78 is 0. The molecule has 2 heteroatoms. The maximum Gasteiger partial charge on any atom is 0.00720 e. The molecule has 0 spiro atoms. The lowest BCUT2D eigenvalue weighted by Gasteiger charge is -2.14. The van der Waals surface area contributed by atoms with Crippen LogP contribution in [0.5, 0.6) is 0 Å². The average Bonchev–Trinajstić information content (AvgIpc) is 2.20. The lowest BCUT2D eigenvalue weighted by atomic mass is 9.95. The van der Waals surface area contributed by atoms with Gasteiger partial charge in [-0.15, -0.1) is 11.8 Å². The van der Waals surface area contributed by atoms with Crippen LogP contribution in [0.3, 0.4) is 0 Å². The van der Waals surface area contributed by atoms with E-state index in [9.17, 15) is 0 Å². The highest BCUT2D eigenvalue weighted by Crippen LogP contribution is 2.20. The van der Waals surface area contributed by atoms with Crippen molar-refractivity contribution >= 4 is 11.8 Å². The van der Waals surface area contributed by atoms with Gasteiger partial charge in [-0.2, -0.15) is 0 Å². The highest BCUT2D eigenvalue weighted by Gasteiger charge is 2.06. The van der Waals surface area contributed by atoms with Crippen LogP contribution in [-0.4, -0.2) is 11.8 Å². The van der Waals surface area contributed by atoms with E-state index in [1.165, 1.54) is 10.5 Å². The highest BCUT2D eigenvalue weighted by atomic mass is 32.2. The normalized spacial score (nSPS) is 14.8. The maximum absolute atomic E-state index is 5.81. The predicted octanol–water partition coefficient (Wildman–Crippen LogP) is 3.71. The zero-order chi connectivity index (χ0) is 12.0. The van der Waals surface area contributed by atoms with Gasteiger partial charge in [0.15, 0.2) is 0 Å². The average molecular weight is 237 g/mol. The lowest BCUT2D eigenvalue weighted by molar-refractivity contribution is 0.480. The summed E-state index contributed by atoms with van der Waals surface area (Å²) in [6, 6.07) is 9.25. The number of rotatable bonds is 6. The molecule has 0 fully saturated rings. The second-order valence-electron chi connectivity index (χ2n) is 4.60. The minimum atomic E-state index is 0.310. The predicted molar refractivity (Wildman–Crippen MR) is 74.0 cm³/mol. The molecule has 0 saturated carbocycles. The Bertz CT molecular complexity index is 292. The van der Waals surface area contributed by atoms with Crippen LogP contribution in [0.2, 0.25) is 0 Å². The van der Waals surface area contributed by atoms with E-state index in [1.807, 2.05) is 11.8 Å². The van der Waals surface area contributed by atoms with Gasteiger partial charge in [-0.25, -0.2) is 0 Å². The van der Waals surface area contributed by atoms with Crippen LogP contribution in [0.4, 0.5) is 0 Å². The summed E-state index contributed by atoms with van der Waals surface area (Å²) in [5.41, 5.74) is 7.23. The summed E-state index contributed by atoms with van der Waals surface area (Å²) in [6.45, 7) is 6.54. The van der Waals surface area contributed by atoms with E-state index in [2.05, 4.69) is 45.0 Å². The Morgan fingerprint density at radius 3 is 2.31 bits per heavy atom. The third-order valence-electron chi connectivity index (χ3n) is 2.59. The van der Waals surface area contributed by atoms with Gasteiger partial charge in [-0.1, -0.05) is 26.0 Å². The van der Waals surface area contributed by atoms with Crippen LogP contribution < -0.4 is 5.73 Å². The summed E-state index contributed by atoms with van der Waals surface area (Å²) in [7, 11) is 0. The summed E-state index contributed by atoms with van der Waals surface area (Å²) in [6.07, 6.45) is 2.24. The van der Waals surface area contributed by atoms with E-state index >= 15 is 0 Å². The third-order valence-corrected chi connectivity index (χ3v) is 3.49. The Balaban J connectivity index is 2.48. The summed E-state index contributed by atoms with van der Waals surface area (Å²) in [4.78, 5) is 1.37. The van der Waals surface area contributed by atoms with E-state index in [0.29, 0.717) is 12.0 Å². The Morgan fingerprint density at radius 2 is 1.81 bits per heavy atom. The second-order valence-corrected chi connectivity index (χ2v) is 5.94. The van der Waals surface area contributed by atoms with Crippen LogP contribution in [0.25, 0.3) is 0 Å². The first-order valence-electron chi connectivity index (χ1n) is 6.09. The van der Waals surface area contributed by atoms with E-state index < -0.39 is 0 Å². The molecule has 0 aliphatic carbocycles. The molecule has 1 rings (SSSR count). The molecule has 0 aliphatic rings. The molecule has 16 heavy (non-hydrogen) atoms. The van der Waals surface area contributed by atoms with Gasteiger partial charge in [0.25, 0.3) is 0 Å². The Labute approximate surface area is 104 Å². The first-order valence-corrected chi connectivity index (χ1v) is 7.07. The molecule has 1 aromatic rings. The van der Waals surface area contributed by atoms with Crippen molar-refractivity contribution in [2.45, 2.75) is 44.6 Å². The van der Waals surface area contributed by atoms with Crippen molar-refractivity contribution in [2.75, 3.05) is 5.75 Å². The smallest absolute Gasteiger partial charge is 0.00720 e. The van der Waals surface area contributed by atoms with Gasteiger partial charge in [0.2, 0.25) is 0 Å². The molecule has 0 aliphatic heterocycles. The van der Waals surface area contributed by atoms with Crippen LogP contribution in [0.15, 0.2) is 29.2 Å². The van der Waals surface area contributed by atoms with Crippen LogP contribution in [-0.2, 0) is 6.42 Å². The zero-order valence-corrected chi connectivity index (χ0v) is 11.4. The SMILES string of the molecule is CCSc1ccc(CC(C)CC(C)N)cc1. The first kappa shape index (κ1) is 13.6. The Kier molecular flexibility index (Phi) is 5.93. The molecule has 2 N–H and O–H groups in total. The van der Waals surface area contributed by atoms with Crippen molar-refractivity contribution in [3.8, 4) is 0 Å². The summed E-state index contributed by atoms with van der Waals surface area (Å²) >= 11 is 1.89. The highest BCUT2D eigenvalue weighted by molar-refractivity contribution is 7.99. The first-order chi connectivity index (χ1) is 7.61. The molecular weight excluding hydrogens is 214 g/mol. The largest absolute Gasteiger partial charge is 0.328 e. The molecule has 0 amide bonds. The third kappa shape index (κ3) is 5.04. The molecular formula is C14H23NS. The minimum Gasteiger partial charge on any atom is -0.328 e. The van der Waals surface area contributed by atoms with Gasteiger partial charge in [0.05, 0.1) is 0 Å².